The monoisotopic (exact) mass is 236 g/mol. The minimum atomic E-state index is -0.463. The molecule has 0 bridgehead atoms. The van der Waals surface area contributed by atoms with E-state index in [9.17, 15) is 9.59 Å². The van der Waals surface area contributed by atoms with E-state index in [-0.39, 0.29) is 18.3 Å². The molecule has 2 aliphatic rings. The molecule has 3 rings (SSSR count). The van der Waals surface area contributed by atoms with Gasteiger partial charge >= 0.3 is 12.0 Å². The van der Waals surface area contributed by atoms with Crippen LogP contribution in [0.15, 0.2) is 4.42 Å². The number of imide groups is 1. The van der Waals surface area contributed by atoms with E-state index >= 15 is 0 Å². The lowest BCUT2D eigenvalue weighted by Gasteiger charge is -2.22. The smallest absolute Gasteiger partial charge is 0.332 e. The number of fused-ring (bicyclic) bond motifs is 1. The van der Waals surface area contributed by atoms with Gasteiger partial charge in [-0.15, -0.1) is 0 Å². The predicted molar refractivity (Wildman–Crippen MR) is 57.2 cm³/mol. The van der Waals surface area contributed by atoms with Gasteiger partial charge in [0.2, 0.25) is 5.91 Å². The van der Waals surface area contributed by atoms with Crippen LogP contribution in [0.1, 0.15) is 17.9 Å². The number of rotatable bonds is 1. The van der Waals surface area contributed by atoms with Gasteiger partial charge in [-0.25, -0.2) is 9.69 Å². The van der Waals surface area contributed by atoms with Crippen molar-refractivity contribution in [2.24, 2.45) is 0 Å². The highest BCUT2D eigenvalue weighted by atomic mass is 16.4. The molecule has 0 aliphatic carbocycles. The van der Waals surface area contributed by atoms with Crippen LogP contribution in [0.25, 0.3) is 0 Å². The quantitative estimate of drug-likeness (QED) is 0.746. The number of hydrogen-bond donors (Lipinski definition) is 1. The normalized spacial score (nSPS) is 20.6. The molecule has 3 heterocycles. The SMILES string of the molecule is CN1Cc2nc(N3CCC(=O)NC3=O)oc2C1. The van der Waals surface area contributed by atoms with Crippen LogP contribution in [-0.4, -0.2) is 35.4 Å². The number of carbonyl (C=O) groups is 2. The van der Waals surface area contributed by atoms with Gasteiger partial charge in [-0.1, -0.05) is 0 Å². The van der Waals surface area contributed by atoms with Crippen LogP contribution in [0.4, 0.5) is 10.8 Å². The maximum atomic E-state index is 11.6. The standard InChI is InChI=1S/C10H12N4O3/c1-13-4-6-7(5-13)17-10(11-6)14-3-2-8(15)12-9(14)16/h2-5H2,1H3,(H,12,15,16). The van der Waals surface area contributed by atoms with Crippen LogP contribution in [0.3, 0.4) is 0 Å². The lowest BCUT2D eigenvalue weighted by Crippen LogP contribution is -2.49. The van der Waals surface area contributed by atoms with Gasteiger partial charge in [-0.3, -0.25) is 15.0 Å². The first kappa shape index (κ1) is 10.3. The largest absolute Gasteiger partial charge is 0.427 e. The Bertz CT molecular complexity index is 472. The van der Waals surface area contributed by atoms with Gasteiger partial charge < -0.3 is 4.42 Å². The molecule has 1 fully saturated rings. The summed E-state index contributed by atoms with van der Waals surface area (Å²) < 4.78 is 5.54. The summed E-state index contributed by atoms with van der Waals surface area (Å²) in [5.74, 6) is 0.539. The number of nitrogens with zero attached hydrogens (tertiary/aromatic N) is 3. The van der Waals surface area contributed by atoms with Crippen molar-refractivity contribution in [3.8, 4) is 0 Å². The molecular weight excluding hydrogens is 224 g/mol. The molecule has 1 aromatic rings. The molecule has 0 radical (unpaired) electrons. The third-order valence-corrected chi connectivity index (χ3v) is 2.89. The van der Waals surface area contributed by atoms with Gasteiger partial charge in [0.25, 0.3) is 0 Å². The van der Waals surface area contributed by atoms with Crippen LogP contribution in [0.5, 0.6) is 0 Å². The van der Waals surface area contributed by atoms with Crippen molar-refractivity contribution in [2.45, 2.75) is 19.5 Å². The topological polar surface area (TPSA) is 78.7 Å². The maximum absolute atomic E-state index is 11.6. The third-order valence-electron chi connectivity index (χ3n) is 2.89. The van der Waals surface area contributed by atoms with E-state index in [4.69, 9.17) is 4.42 Å². The highest BCUT2D eigenvalue weighted by Crippen LogP contribution is 2.26. The lowest BCUT2D eigenvalue weighted by molar-refractivity contribution is -0.120. The fraction of sp³-hybridized carbons (Fsp3) is 0.500. The Morgan fingerprint density at radius 2 is 2.18 bits per heavy atom. The van der Waals surface area contributed by atoms with Gasteiger partial charge in [0.15, 0.2) is 0 Å². The molecule has 1 aromatic heterocycles. The average Bonchev–Trinajstić information content (AvgIpc) is 2.74. The van der Waals surface area contributed by atoms with Crippen molar-refractivity contribution in [1.82, 2.24) is 15.2 Å². The predicted octanol–water partition coefficient (Wildman–Crippen LogP) is 0.0663. The van der Waals surface area contributed by atoms with Crippen LogP contribution in [0, 0.1) is 0 Å². The molecule has 90 valence electrons. The van der Waals surface area contributed by atoms with E-state index < -0.39 is 6.03 Å². The molecule has 1 N–H and O–H groups in total. The number of hydrogen-bond acceptors (Lipinski definition) is 5. The average molecular weight is 236 g/mol. The van der Waals surface area contributed by atoms with E-state index in [0.29, 0.717) is 13.1 Å². The Hall–Kier alpha value is -1.89. The zero-order chi connectivity index (χ0) is 12.0. The van der Waals surface area contributed by atoms with Crippen molar-refractivity contribution in [3.63, 3.8) is 0 Å². The lowest BCUT2D eigenvalue weighted by atomic mass is 10.3. The molecule has 0 atom stereocenters. The number of oxazole rings is 1. The molecule has 3 amide bonds. The molecule has 7 heteroatoms. The molecule has 7 nitrogen and oxygen atoms in total. The molecule has 0 aromatic carbocycles. The van der Waals surface area contributed by atoms with Gasteiger partial charge in [0.1, 0.15) is 5.76 Å². The van der Waals surface area contributed by atoms with Crippen LogP contribution in [0.2, 0.25) is 0 Å². The van der Waals surface area contributed by atoms with E-state index in [1.807, 2.05) is 7.05 Å². The van der Waals surface area contributed by atoms with E-state index in [1.165, 1.54) is 4.90 Å². The van der Waals surface area contributed by atoms with E-state index in [0.717, 1.165) is 18.0 Å². The number of anilines is 1. The summed E-state index contributed by atoms with van der Waals surface area (Å²) in [6, 6.07) is -0.178. The minimum Gasteiger partial charge on any atom is -0.427 e. The Morgan fingerprint density at radius 1 is 1.35 bits per heavy atom. The first-order chi connectivity index (χ1) is 8.13. The Balaban J connectivity index is 1.83. The van der Waals surface area contributed by atoms with E-state index in [2.05, 4.69) is 15.2 Å². The zero-order valence-corrected chi connectivity index (χ0v) is 9.39. The molecule has 0 unspecified atom stereocenters. The maximum Gasteiger partial charge on any atom is 0.332 e. The summed E-state index contributed by atoms with van der Waals surface area (Å²) in [7, 11) is 1.98. The van der Waals surface area contributed by atoms with Crippen molar-refractivity contribution >= 4 is 18.0 Å². The van der Waals surface area contributed by atoms with Gasteiger partial charge in [-0.05, 0) is 7.05 Å². The molecule has 17 heavy (non-hydrogen) atoms. The second kappa shape index (κ2) is 3.56. The van der Waals surface area contributed by atoms with Crippen molar-refractivity contribution in [2.75, 3.05) is 18.5 Å². The highest BCUT2D eigenvalue weighted by Gasteiger charge is 2.31. The van der Waals surface area contributed by atoms with Crippen LogP contribution in [-0.2, 0) is 17.9 Å². The molecule has 2 aliphatic heterocycles. The van der Waals surface area contributed by atoms with Gasteiger partial charge in [0.05, 0.1) is 12.2 Å². The number of aromatic nitrogens is 1. The van der Waals surface area contributed by atoms with Crippen molar-refractivity contribution in [3.05, 3.63) is 11.5 Å². The molecule has 1 saturated heterocycles. The minimum absolute atomic E-state index is 0.259. The Kier molecular flexibility index (Phi) is 2.15. The van der Waals surface area contributed by atoms with Gasteiger partial charge in [-0.2, -0.15) is 4.98 Å². The zero-order valence-electron chi connectivity index (χ0n) is 9.39. The summed E-state index contributed by atoms with van der Waals surface area (Å²) in [6.45, 7) is 1.75. The molecular formula is C10H12N4O3. The first-order valence-corrected chi connectivity index (χ1v) is 5.42. The number of nitrogens with one attached hydrogen (secondary N) is 1. The fourth-order valence-corrected chi connectivity index (χ4v) is 2.04. The number of carbonyl (C=O) groups excluding carboxylic acids is 2. The summed E-state index contributed by atoms with van der Waals surface area (Å²) >= 11 is 0. The second-order valence-corrected chi connectivity index (χ2v) is 4.29. The Labute approximate surface area is 97.4 Å². The van der Waals surface area contributed by atoms with Gasteiger partial charge in [0, 0.05) is 19.5 Å². The molecule has 0 spiro atoms. The van der Waals surface area contributed by atoms with Crippen molar-refractivity contribution < 1.29 is 14.0 Å². The number of urea groups is 1. The molecule has 0 saturated carbocycles. The number of amides is 3. The first-order valence-electron chi connectivity index (χ1n) is 5.42. The summed E-state index contributed by atoms with van der Waals surface area (Å²) in [6.07, 6.45) is 0.276. The fourth-order valence-electron chi connectivity index (χ4n) is 2.04. The summed E-state index contributed by atoms with van der Waals surface area (Å²) in [5, 5.41) is 2.24. The van der Waals surface area contributed by atoms with Crippen molar-refractivity contribution in [1.29, 1.82) is 0 Å². The Morgan fingerprint density at radius 3 is 2.88 bits per heavy atom. The summed E-state index contributed by atoms with van der Waals surface area (Å²) in [4.78, 5) is 30.3. The third kappa shape index (κ3) is 1.68. The highest BCUT2D eigenvalue weighted by molar-refractivity contribution is 6.04. The van der Waals surface area contributed by atoms with Crippen LogP contribution >= 0.6 is 0 Å². The second-order valence-electron chi connectivity index (χ2n) is 4.29. The van der Waals surface area contributed by atoms with Crippen LogP contribution < -0.4 is 10.2 Å². The summed E-state index contributed by atoms with van der Waals surface area (Å²) in [5.41, 5.74) is 0.868. The van der Waals surface area contributed by atoms with E-state index in [1.54, 1.807) is 0 Å².